The van der Waals surface area contributed by atoms with E-state index >= 15 is 0 Å². The number of likely N-dealkylation sites (N-methyl/N-ethyl adjacent to an activating group) is 1. The summed E-state index contributed by atoms with van der Waals surface area (Å²) in [6, 6.07) is 0.458. The fourth-order valence-corrected chi connectivity index (χ4v) is 2.26. The maximum absolute atomic E-state index is 5.82. The Balaban J connectivity index is 2.35. The van der Waals surface area contributed by atoms with Crippen LogP contribution in [0.25, 0.3) is 0 Å². The van der Waals surface area contributed by atoms with E-state index in [4.69, 9.17) is 9.47 Å². The van der Waals surface area contributed by atoms with Crippen molar-refractivity contribution in [1.29, 1.82) is 0 Å². The SMILES string of the molecule is CNC(CCCOC)C1(C)CCCO1. The van der Waals surface area contributed by atoms with Gasteiger partial charge in [-0.05, 0) is 39.7 Å². The van der Waals surface area contributed by atoms with Crippen molar-refractivity contribution in [3.05, 3.63) is 0 Å². The van der Waals surface area contributed by atoms with E-state index in [1.54, 1.807) is 7.11 Å². The lowest BCUT2D eigenvalue weighted by molar-refractivity contribution is -0.0136. The molecule has 2 atom stereocenters. The molecule has 0 aromatic heterocycles. The third kappa shape index (κ3) is 2.94. The van der Waals surface area contributed by atoms with Gasteiger partial charge in [0, 0.05) is 26.4 Å². The molecule has 1 fully saturated rings. The highest BCUT2D eigenvalue weighted by Gasteiger charge is 2.36. The summed E-state index contributed by atoms with van der Waals surface area (Å²) in [4.78, 5) is 0. The number of nitrogens with one attached hydrogen (secondary N) is 1. The summed E-state index contributed by atoms with van der Waals surface area (Å²) >= 11 is 0. The minimum Gasteiger partial charge on any atom is -0.385 e. The zero-order valence-electron chi connectivity index (χ0n) is 9.64. The molecular weight excluding hydrogens is 178 g/mol. The lowest BCUT2D eigenvalue weighted by atomic mass is 9.90. The van der Waals surface area contributed by atoms with Gasteiger partial charge < -0.3 is 14.8 Å². The molecule has 1 heterocycles. The summed E-state index contributed by atoms with van der Waals surface area (Å²) in [7, 11) is 3.77. The van der Waals surface area contributed by atoms with Crippen LogP contribution in [0.5, 0.6) is 0 Å². The molecule has 14 heavy (non-hydrogen) atoms. The second-order valence-electron chi connectivity index (χ2n) is 4.24. The van der Waals surface area contributed by atoms with Crippen LogP contribution in [0.3, 0.4) is 0 Å². The number of methoxy groups -OCH3 is 1. The van der Waals surface area contributed by atoms with Crippen molar-refractivity contribution >= 4 is 0 Å². The van der Waals surface area contributed by atoms with E-state index in [0.29, 0.717) is 6.04 Å². The molecular formula is C11H23NO2. The van der Waals surface area contributed by atoms with Crippen LogP contribution in [0.2, 0.25) is 0 Å². The highest BCUT2D eigenvalue weighted by molar-refractivity contribution is 4.91. The van der Waals surface area contributed by atoms with E-state index in [2.05, 4.69) is 12.2 Å². The molecule has 1 N–H and O–H groups in total. The normalized spacial score (nSPS) is 29.4. The van der Waals surface area contributed by atoms with E-state index in [-0.39, 0.29) is 5.60 Å². The van der Waals surface area contributed by atoms with Crippen LogP contribution in [0.4, 0.5) is 0 Å². The molecule has 0 aromatic rings. The molecule has 0 amide bonds. The highest BCUT2D eigenvalue weighted by atomic mass is 16.5. The fourth-order valence-electron chi connectivity index (χ4n) is 2.26. The van der Waals surface area contributed by atoms with E-state index in [0.717, 1.165) is 26.1 Å². The Kier molecular flexibility index (Phi) is 4.85. The van der Waals surface area contributed by atoms with Gasteiger partial charge in [-0.25, -0.2) is 0 Å². The molecule has 0 saturated carbocycles. The zero-order valence-corrected chi connectivity index (χ0v) is 9.64. The van der Waals surface area contributed by atoms with Crippen LogP contribution in [0, 0.1) is 0 Å². The van der Waals surface area contributed by atoms with E-state index in [1.807, 2.05) is 7.05 Å². The first-order valence-corrected chi connectivity index (χ1v) is 5.53. The Hall–Kier alpha value is -0.120. The minimum absolute atomic E-state index is 0.0441. The quantitative estimate of drug-likeness (QED) is 0.662. The van der Waals surface area contributed by atoms with Crippen LogP contribution in [0.1, 0.15) is 32.6 Å². The average molecular weight is 201 g/mol. The Morgan fingerprint density at radius 1 is 1.57 bits per heavy atom. The molecule has 84 valence electrons. The molecule has 2 unspecified atom stereocenters. The predicted octanol–water partition coefficient (Wildman–Crippen LogP) is 1.57. The summed E-state index contributed by atoms with van der Waals surface area (Å²) in [5.41, 5.74) is 0.0441. The Morgan fingerprint density at radius 2 is 2.36 bits per heavy atom. The number of ether oxygens (including phenoxy) is 2. The summed E-state index contributed by atoms with van der Waals surface area (Å²) in [6.07, 6.45) is 4.59. The molecule has 0 spiro atoms. The predicted molar refractivity (Wildman–Crippen MR) is 57.5 cm³/mol. The molecule has 0 radical (unpaired) electrons. The van der Waals surface area contributed by atoms with E-state index in [1.165, 1.54) is 12.8 Å². The largest absolute Gasteiger partial charge is 0.385 e. The van der Waals surface area contributed by atoms with Gasteiger partial charge >= 0.3 is 0 Å². The van der Waals surface area contributed by atoms with Crippen molar-refractivity contribution < 1.29 is 9.47 Å². The van der Waals surface area contributed by atoms with Crippen LogP contribution >= 0.6 is 0 Å². The van der Waals surface area contributed by atoms with Gasteiger partial charge in [0.15, 0.2) is 0 Å². The van der Waals surface area contributed by atoms with Crippen molar-refractivity contribution in [2.24, 2.45) is 0 Å². The second-order valence-corrected chi connectivity index (χ2v) is 4.24. The van der Waals surface area contributed by atoms with Gasteiger partial charge in [-0.1, -0.05) is 0 Å². The van der Waals surface area contributed by atoms with Crippen molar-refractivity contribution in [2.75, 3.05) is 27.4 Å². The molecule has 0 bridgehead atoms. The maximum Gasteiger partial charge on any atom is 0.0807 e. The van der Waals surface area contributed by atoms with E-state index < -0.39 is 0 Å². The molecule has 0 aliphatic carbocycles. The average Bonchev–Trinajstić information content (AvgIpc) is 2.61. The fraction of sp³-hybridized carbons (Fsp3) is 1.00. The van der Waals surface area contributed by atoms with Gasteiger partial charge in [0.1, 0.15) is 0 Å². The third-order valence-electron chi connectivity index (χ3n) is 3.18. The standard InChI is InChI=1S/C11H23NO2/c1-11(7-5-9-14-11)10(12-2)6-4-8-13-3/h10,12H,4-9H2,1-3H3. The number of hydrogen-bond donors (Lipinski definition) is 1. The first kappa shape index (κ1) is 12.0. The van der Waals surface area contributed by atoms with Crippen molar-refractivity contribution in [2.45, 2.75) is 44.2 Å². The highest BCUT2D eigenvalue weighted by Crippen LogP contribution is 2.30. The smallest absolute Gasteiger partial charge is 0.0807 e. The van der Waals surface area contributed by atoms with Gasteiger partial charge in [0.2, 0.25) is 0 Å². The van der Waals surface area contributed by atoms with Crippen LogP contribution in [-0.4, -0.2) is 39.0 Å². The number of hydrogen-bond acceptors (Lipinski definition) is 3. The Bertz CT molecular complexity index is 155. The van der Waals surface area contributed by atoms with Crippen molar-refractivity contribution in [1.82, 2.24) is 5.32 Å². The molecule has 3 heteroatoms. The Morgan fingerprint density at radius 3 is 2.86 bits per heavy atom. The Labute approximate surface area is 87.2 Å². The first-order valence-electron chi connectivity index (χ1n) is 5.53. The topological polar surface area (TPSA) is 30.5 Å². The van der Waals surface area contributed by atoms with Crippen LogP contribution in [-0.2, 0) is 9.47 Å². The second kappa shape index (κ2) is 5.69. The van der Waals surface area contributed by atoms with Gasteiger partial charge in [-0.3, -0.25) is 0 Å². The minimum atomic E-state index is 0.0441. The van der Waals surface area contributed by atoms with Gasteiger partial charge in [0.25, 0.3) is 0 Å². The summed E-state index contributed by atoms with van der Waals surface area (Å²) < 4.78 is 10.9. The summed E-state index contributed by atoms with van der Waals surface area (Å²) in [6.45, 7) is 3.97. The molecule has 1 aliphatic rings. The molecule has 3 nitrogen and oxygen atoms in total. The van der Waals surface area contributed by atoms with E-state index in [9.17, 15) is 0 Å². The number of rotatable bonds is 6. The molecule has 1 rings (SSSR count). The maximum atomic E-state index is 5.82. The van der Waals surface area contributed by atoms with Crippen molar-refractivity contribution in [3.63, 3.8) is 0 Å². The molecule has 1 aliphatic heterocycles. The van der Waals surface area contributed by atoms with Crippen LogP contribution < -0.4 is 5.32 Å². The van der Waals surface area contributed by atoms with Gasteiger partial charge in [0.05, 0.1) is 5.60 Å². The molecule has 0 aromatic carbocycles. The lowest BCUT2D eigenvalue weighted by Crippen LogP contribution is -2.47. The molecule has 1 saturated heterocycles. The van der Waals surface area contributed by atoms with Gasteiger partial charge in [-0.2, -0.15) is 0 Å². The summed E-state index contributed by atoms with van der Waals surface area (Å²) in [5.74, 6) is 0. The van der Waals surface area contributed by atoms with Crippen LogP contribution in [0.15, 0.2) is 0 Å². The zero-order chi connectivity index (χ0) is 10.4. The first-order chi connectivity index (χ1) is 6.73. The monoisotopic (exact) mass is 201 g/mol. The summed E-state index contributed by atoms with van der Waals surface area (Å²) in [5, 5.41) is 3.36. The van der Waals surface area contributed by atoms with Gasteiger partial charge in [-0.15, -0.1) is 0 Å². The lowest BCUT2D eigenvalue weighted by Gasteiger charge is -2.33. The third-order valence-corrected chi connectivity index (χ3v) is 3.18. The van der Waals surface area contributed by atoms with Crippen molar-refractivity contribution in [3.8, 4) is 0 Å².